The van der Waals surface area contributed by atoms with E-state index < -0.39 is 0 Å². The van der Waals surface area contributed by atoms with Crippen LogP contribution in [0, 0.1) is 12.8 Å². The molecule has 166 valence electrons. The van der Waals surface area contributed by atoms with Crippen molar-refractivity contribution in [2.45, 2.75) is 32.9 Å². The molecule has 0 radical (unpaired) electrons. The first-order valence-electron chi connectivity index (χ1n) is 9.61. The number of aryl methyl sites for hydroxylation is 1. The maximum atomic E-state index is 12.0. The Hall–Kier alpha value is -3.21. The van der Waals surface area contributed by atoms with Crippen LogP contribution in [0.1, 0.15) is 18.4 Å². The van der Waals surface area contributed by atoms with E-state index in [4.69, 9.17) is 19.8 Å². The van der Waals surface area contributed by atoms with Gasteiger partial charge in [0.15, 0.2) is 0 Å². The Morgan fingerprint density at radius 3 is 2.43 bits per heavy atom. The molecule has 0 saturated carbocycles. The lowest BCUT2D eigenvalue weighted by molar-refractivity contribution is -0.123. The Morgan fingerprint density at radius 2 is 1.90 bits per heavy atom. The van der Waals surface area contributed by atoms with Crippen molar-refractivity contribution >= 4 is 18.9 Å². The molecule has 3 heterocycles. The number of amides is 1. The first kappa shape index (κ1) is 24.8. The van der Waals surface area contributed by atoms with Gasteiger partial charge in [0.1, 0.15) is 6.54 Å². The molecule has 1 amide bonds. The van der Waals surface area contributed by atoms with Gasteiger partial charge in [-0.3, -0.25) is 19.1 Å². The predicted molar refractivity (Wildman–Crippen MR) is 109 cm³/mol. The molecule has 11 heteroatoms. The van der Waals surface area contributed by atoms with E-state index >= 15 is 0 Å². The van der Waals surface area contributed by atoms with Gasteiger partial charge in [-0.2, -0.15) is 5.10 Å². The molecule has 3 rings (SSSR count). The number of carboxylic acid groups (broad SMARTS) is 2. The van der Waals surface area contributed by atoms with Crippen molar-refractivity contribution in [3.8, 4) is 0 Å². The average Bonchev–Trinajstić information content (AvgIpc) is 3.38. The first-order valence-corrected chi connectivity index (χ1v) is 9.61. The zero-order chi connectivity index (χ0) is 22.2. The van der Waals surface area contributed by atoms with Gasteiger partial charge in [-0.1, -0.05) is 0 Å². The lowest BCUT2D eigenvalue weighted by Gasteiger charge is -2.32. The number of hydrogen-bond acceptors (Lipinski definition) is 6. The van der Waals surface area contributed by atoms with Crippen LogP contribution in [0.25, 0.3) is 0 Å². The van der Waals surface area contributed by atoms with E-state index in [1.54, 1.807) is 10.9 Å². The Bertz CT molecular complexity index is 720. The molecule has 3 N–H and O–H groups in total. The molecule has 30 heavy (non-hydrogen) atoms. The van der Waals surface area contributed by atoms with Crippen molar-refractivity contribution < 1.29 is 24.6 Å². The normalized spacial score (nSPS) is 13.9. The molecular formula is C19H30N6O5. The fraction of sp³-hybridized carbons (Fsp3) is 0.526. The van der Waals surface area contributed by atoms with Crippen LogP contribution in [0.15, 0.2) is 31.1 Å². The summed E-state index contributed by atoms with van der Waals surface area (Å²) >= 11 is 0. The van der Waals surface area contributed by atoms with E-state index in [9.17, 15) is 4.79 Å². The molecule has 0 spiro atoms. The highest BCUT2D eigenvalue weighted by atomic mass is 16.3. The van der Waals surface area contributed by atoms with Crippen LogP contribution in [0.2, 0.25) is 0 Å². The van der Waals surface area contributed by atoms with Gasteiger partial charge in [0.2, 0.25) is 5.91 Å². The number of nitrogens with zero attached hydrogens (tertiary/aromatic N) is 5. The number of carbonyl (C=O) groups is 3. The third kappa shape index (κ3) is 10.4. The topological polar surface area (TPSA) is 143 Å². The zero-order valence-corrected chi connectivity index (χ0v) is 17.1. The third-order valence-corrected chi connectivity index (χ3v) is 4.60. The highest BCUT2D eigenvalue weighted by Gasteiger charge is 2.19. The Morgan fingerprint density at radius 1 is 1.23 bits per heavy atom. The van der Waals surface area contributed by atoms with E-state index in [0.717, 1.165) is 51.1 Å². The van der Waals surface area contributed by atoms with Gasteiger partial charge >= 0.3 is 0 Å². The maximum Gasteiger partial charge on any atom is 0.290 e. The SMILES string of the molecule is Cc1cnn(CC(=O)NCC2CCN(CCn3ccnc3)CC2)c1.O=CO.O=CO. The molecule has 0 bridgehead atoms. The molecule has 11 nitrogen and oxygen atoms in total. The standard InChI is InChI=1S/C17H26N6O.2CH2O2/c1-15-10-20-23(12-15)13-17(24)19-11-16-2-5-21(6-3-16)8-9-22-7-4-18-14-22;2*2-1-3/h4,7,10,12,14,16H,2-3,5-6,8-9,11,13H2,1H3,(H,19,24);2*1H,(H,2,3). The van der Waals surface area contributed by atoms with Crippen molar-refractivity contribution in [2.24, 2.45) is 5.92 Å². The summed E-state index contributed by atoms with van der Waals surface area (Å²) in [6.45, 7) is 6.81. The molecular weight excluding hydrogens is 392 g/mol. The third-order valence-electron chi connectivity index (χ3n) is 4.60. The summed E-state index contributed by atoms with van der Waals surface area (Å²) in [5.74, 6) is 0.624. The summed E-state index contributed by atoms with van der Waals surface area (Å²) in [5.41, 5.74) is 1.07. The minimum Gasteiger partial charge on any atom is -0.483 e. The number of likely N-dealkylation sites (tertiary alicyclic amines) is 1. The number of hydrogen-bond donors (Lipinski definition) is 3. The van der Waals surface area contributed by atoms with Gasteiger partial charge in [0.25, 0.3) is 12.9 Å². The quantitative estimate of drug-likeness (QED) is 0.541. The molecule has 2 aromatic heterocycles. The van der Waals surface area contributed by atoms with Crippen molar-refractivity contribution in [2.75, 3.05) is 26.2 Å². The number of carbonyl (C=O) groups excluding carboxylic acids is 1. The van der Waals surface area contributed by atoms with Gasteiger partial charge in [-0.05, 0) is 44.3 Å². The molecule has 0 aromatic carbocycles. The smallest absolute Gasteiger partial charge is 0.290 e. The second kappa shape index (κ2) is 14.7. The Labute approximate surface area is 175 Å². The molecule has 0 unspecified atom stereocenters. The van der Waals surface area contributed by atoms with Crippen LogP contribution in [-0.4, -0.2) is 79.5 Å². The zero-order valence-electron chi connectivity index (χ0n) is 17.1. The van der Waals surface area contributed by atoms with Crippen LogP contribution in [-0.2, 0) is 27.5 Å². The largest absolute Gasteiger partial charge is 0.483 e. The Balaban J connectivity index is 0.000000672. The number of nitrogens with one attached hydrogen (secondary N) is 1. The van der Waals surface area contributed by atoms with Crippen molar-refractivity contribution in [1.29, 1.82) is 0 Å². The van der Waals surface area contributed by atoms with E-state index in [0.29, 0.717) is 12.5 Å². The van der Waals surface area contributed by atoms with Crippen molar-refractivity contribution in [3.05, 3.63) is 36.7 Å². The summed E-state index contributed by atoms with van der Waals surface area (Å²) in [5, 5.41) is 21.0. The van der Waals surface area contributed by atoms with Gasteiger partial charge in [0, 0.05) is 38.2 Å². The lowest BCUT2D eigenvalue weighted by Crippen LogP contribution is -2.40. The summed E-state index contributed by atoms with van der Waals surface area (Å²) in [7, 11) is 0. The van der Waals surface area contributed by atoms with E-state index in [1.165, 1.54) is 0 Å². The van der Waals surface area contributed by atoms with Crippen LogP contribution in [0.5, 0.6) is 0 Å². The molecule has 0 aliphatic carbocycles. The van der Waals surface area contributed by atoms with Crippen LogP contribution in [0.3, 0.4) is 0 Å². The monoisotopic (exact) mass is 422 g/mol. The van der Waals surface area contributed by atoms with Gasteiger partial charge in [-0.25, -0.2) is 4.98 Å². The minimum absolute atomic E-state index is 0.0423. The molecule has 1 fully saturated rings. The number of rotatable bonds is 7. The maximum absolute atomic E-state index is 12.0. The molecule has 1 aliphatic rings. The number of piperidine rings is 1. The number of imidazole rings is 1. The second-order valence-corrected chi connectivity index (χ2v) is 6.82. The van der Waals surface area contributed by atoms with E-state index in [2.05, 4.69) is 24.9 Å². The summed E-state index contributed by atoms with van der Waals surface area (Å²) in [4.78, 5) is 35.3. The fourth-order valence-corrected chi connectivity index (χ4v) is 3.10. The van der Waals surface area contributed by atoms with Gasteiger partial charge < -0.3 is 25.0 Å². The molecule has 1 saturated heterocycles. The highest BCUT2D eigenvalue weighted by Crippen LogP contribution is 2.16. The molecule has 1 aliphatic heterocycles. The number of aromatic nitrogens is 4. The van der Waals surface area contributed by atoms with Gasteiger partial charge in [-0.15, -0.1) is 0 Å². The second-order valence-electron chi connectivity index (χ2n) is 6.82. The minimum atomic E-state index is -0.250. The van der Waals surface area contributed by atoms with E-state index in [1.807, 2.05) is 31.8 Å². The average molecular weight is 422 g/mol. The van der Waals surface area contributed by atoms with E-state index in [-0.39, 0.29) is 18.9 Å². The lowest BCUT2D eigenvalue weighted by atomic mass is 9.97. The summed E-state index contributed by atoms with van der Waals surface area (Å²) < 4.78 is 3.80. The first-order chi connectivity index (χ1) is 14.5. The fourth-order valence-electron chi connectivity index (χ4n) is 3.10. The summed E-state index contributed by atoms with van der Waals surface area (Å²) in [6, 6.07) is 0. The van der Waals surface area contributed by atoms with Gasteiger partial charge in [0.05, 0.1) is 12.5 Å². The van der Waals surface area contributed by atoms with Crippen molar-refractivity contribution in [1.82, 2.24) is 29.5 Å². The predicted octanol–water partition coefficient (Wildman–Crippen LogP) is 0.318. The Kier molecular flexibility index (Phi) is 12.2. The van der Waals surface area contributed by atoms with Crippen LogP contribution >= 0.6 is 0 Å². The molecule has 0 atom stereocenters. The summed E-state index contributed by atoms with van der Waals surface area (Å²) in [6.07, 6.45) is 11.6. The highest BCUT2D eigenvalue weighted by molar-refractivity contribution is 5.75. The van der Waals surface area contributed by atoms with Crippen molar-refractivity contribution in [3.63, 3.8) is 0 Å². The van der Waals surface area contributed by atoms with Crippen LogP contribution < -0.4 is 5.32 Å². The van der Waals surface area contributed by atoms with Crippen LogP contribution in [0.4, 0.5) is 0 Å². The molecule has 2 aromatic rings.